The number of nitrogens with zero attached hydrogens (tertiary/aromatic N) is 3. The van der Waals surface area contributed by atoms with E-state index in [2.05, 4.69) is 25.6 Å². The standard InChI is InChI=1S/C21H21N5O2/c1-14-12-15(2)23-20(22-14)26-21(24-17-9-5-4-6-10-17)25-19(27)16-8-7-11-18(13-16)28-3/h4-13H,1-3H3,(H2,22,23,24,25,26,27). The smallest absolute Gasteiger partial charge is 0.258 e. The van der Waals surface area contributed by atoms with Gasteiger partial charge >= 0.3 is 0 Å². The topological polar surface area (TPSA) is 88.5 Å². The first kappa shape index (κ1) is 19.0. The van der Waals surface area contributed by atoms with E-state index in [-0.39, 0.29) is 17.8 Å². The van der Waals surface area contributed by atoms with E-state index < -0.39 is 0 Å². The molecule has 1 heterocycles. The average molecular weight is 375 g/mol. The van der Waals surface area contributed by atoms with Gasteiger partial charge in [0.05, 0.1) is 7.11 Å². The van der Waals surface area contributed by atoms with Gasteiger partial charge in [0.1, 0.15) is 5.75 Å². The van der Waals surface area contributed by atoms with Crippen LogP contribution in [-0.2, 0) is 0 Å². The Morgan fingerprint density at radius 3 is 2.36 bits per heavy atom. The molecule has 0 fully saturated rings. The number of methoxy groups -OCH3 is 1. The third-order valence-electron chi connectivity index (χ3n) is 3.78. The van der Waals surface area contributed by atoms with Gasteiger partial charge in [-0.05, 0) is 50.2 Å². The number of guanidine groups is 1. The summed E-state index contributed by atoms with van der Waals surface area (Å²) < 4.78 is 5.18. The number of ether oxygens (including phenoxy) is 1. The quantitative estimate of drug-likeness (QED) is 0.537. The predicted molar refractivity (Wildman–Crippen MR) is 109 cm³/mol. The van der Waals surface area contributed by atoms with Gasteiger partial charge in [-0.3, -0.25) is 10.1 Å². The first-order valence-electron chi connectivity index (χ1n) is 8.72. The van der Waals surface area contributed by atoms with Crippen molar-refractivity contribution < 1.29 is 9.53 Å². The number of aliphatic imine (C=N–C) groups is 1. The molecule has 28 heavy (non-hydrogen) atoms. The highest BCUT2D eigenvalue weighted by atomic mass is 16.5. The maximum Gasteiger partial charge on any atom is 0.258 e. The van der Waals surface area contributed by atoms with Gasteiger partial charge in [-0.2, -0.15) is 4.99 Å². The molecule has 0 bridgehead atoms. The van der Waals surface area contributed by atoms with Crippen molar-refractivity contribution in [3.05, 3.63) is 77.6 Å². The molecule has 7 heteroatoms. The Labute approximate surface area is 163 Å². The maximum absolute atomic E-state index is 12.7. The zero-order chi connectivity index (χ0) is 19.9. The van der Waals surface area contributed by atoms with Crippen LogP contribution in [0.2, 0.25) is 0 Å². The summed E-state index contributed by atoms with van der Waals surface area (Å²) in [6.07, 6.45) is 0. The van der Waals surface area contributed by atoms with E-state index in [1.54, 1.807) is 31.4 Å². The van der Waals surface area contributed by atoms with Crippen molar-refractivity contribution in [2.45, 2.75) is 13.8 Å². The number of nitrogens with one attached hydrogen (secondary N) is 2. The minimum absolute atomic E-state index is 0.226. The summed E-state index contributed by atoms with van der Waals surface area (Å²) in [5.41, 5.74) is 2.81. The Balaban J connectivity index is 1.91. The first-order valence-corrected chi connectivity index (χ1v) is 8.72. The largest absolute Gasteiger partial charge is 0.497 e. The second-order valence-corrected chi connectivity index (χ2v) is 6.09. The van der Waals surface area contributed by atoms with E-state index in [0.717, 1.165) is 17.1 Å². The number of hydrogen-bond acceptors (Lipinski definition) is 5. The summed E-state index contributed by atoms with van der Waals surface area (Å²) in [6, 6.07) is 18.2. The number of anilines is 1. The summed E-state index contributed by atoms with van der Waals surface area (Å²) in [5.74, 6) is 0.760. The molecule has 0 unspecified atom stereocenters. The molecule has 0 spiro atoms. The average Bonchev–Trinajstić information content (AvgIpc) is 2.68. The number of benzene rings is 2. The van der Waals surface area contributed by atoms with Crippen molar-refractivity contribution in [1.29, 1.82) is 0 Å². The van der Waals surface area contributed by atoms with Crippen LogP contribution in [0.5, 0.6) is 5.75 Å². The van der Waals surface area contributed by atoms with Gasteiger partial charge in [0.2, 0.25) is 5.96 Å². The van der Waals surface area contributed by atoms with Crippen molar-refractivity contribution in [1.82, 2.24) is 15.3 Å². The van der Waals surface area contributed by atoms with E-state index in [0.29, 0.717) is 11.3 Å². The molecule has 7 nitrogen and oxygen atoms in total. The number of rotatable bonds is 4. The van der Waals surface area contributed by atoms with Gasteiger partial charge in [0.15, 0.2) is 0 Å². The molecule has 0 aliphatic rings. The molecular weight excluding hydrogens is 354 g/mol. The molecule has 0 aliphatic carbocycles. The minimum Gasteiger partial charge on any atom is -0.497 e. The fraction of sp³-hybridized carbons (Fsp3) is 0.143. The number of hydrogen-bond donors (Lipinski definition) is 2. The van der Waals surface area contributed by atoms with E-state index in [1.807, 2.05) is 50.2 Å². The predicted octanol–water partition coefficient (Wildman–Crippen LogP) is 3.63. The minimum atomic E-state index is -0.328. The van der Waals surface area contributed by atoms with Crippen LogP contribution in [0.25, 0.3) is 0 Å². The lowest BCUT2D eigenvalue weighted by molar-refractivity contribution is 0.0976. The Morgan fingerprint density at radius 1 is 0.964 bits per heavy atom. The number of amides is 1. The molecule has 0 saturated carbocycles. The molecule has 3 aromatic rings. The molecule has 3 rings (SSSR count). The van der Waals surface area contributed by atoms with Gasteiger partial charge in [-0.15, -0.1) is 0 Å². The lowest BCUT2D eigenvalue weighted by Gasteiger charge is -2.12. The molecule has 2 N–H and O–H groups in total. The highest BCUT2D eigenvalue weighted by Gasteiger charge is 2.11. The van der Waals surface area contributed by atoms with E-state index >= 15 is 0 Å². The van der Waals surface area contributed by atoms with Crippen LogP contribution in [-0.4, -0.2) is 28.9 Å². The van der Waals surface area contributed by atoms with Crippen LogP contribution in [0, 0.1) is 13.8 Å². The molecule has 142 valence electrons. The summed E-state index contributed by atoms with van der Waals surface area (Å²) in [5, 5.41) is 5.89. The third kappa shape index (κ3) is 5.14. The number of carbonyl (C=O) groups excluding carboxylic acids is 1. The second-order valence-electron chi connectivity index (χ2n) is 6.09. The van der Waals surface area contributed by atoms with Gasteiger partial charge in [0, 0.05) is 22.6 Å². The second kappa shape index (κ2) is 8.77. The third-order valence-corrected chi connectivity index (χ3v) is 3.78. The fourth-order valence-electron chi connectivity index (χ4n) is 2.55. The van der Waals surface area contributed by atoms with E-state index in [9.17, 15) is 4.79 Å². The number of aromatic nitrogens is 2. The fourth-order valence-corrected chi connectivity index (χ4v) is 2.55. The van der Waals surface area contributed by atoms with Crippen LogP contribution in [0.15, 0.2) is 65.7 Å². The lowest BCUT2D eigenvalue weighted by atomic mass is 10.2. The Bertz CT molecular complexity index is 982. The molecule has 1 amide bonds. The molecule has 0 saturated heterocycles. The maximum atomic E-state index is 12.7. The lowest BCUT2D eigenvalue weighted by Crippen LogP contribution is -2.36. The zero-order valence-electron chi connectivity index (χ0n) is 15.9. The molecule has 1 aromatic heterocycles. The summed E-state index contributed by atoms with van der Waals surface area (Å²) in [4.78, 5) is 25.7. The highest BCUT2D eigenvalue weighted by Crippen LogP contribution is 2.13. The zero-order valence-corrected chi connectivity index (χ0v) is 15.9. The Morgan fingerprint density at radius 2 is 1.68 bits per heavy atom. The highest BCUT2D eigenvalue weighted by molar-refractivity contribution is 6.10. The van der Waals surface area contributed by atoms with Gasteiger partial charge in [-0.25, -0.2) is 9.97 Å². The van der Waals surface area contributed by atoms with Crippen LogP contribution < -0.4 is 15.4 Å². The first-order chi connectivity index (χ1) is 13.5. The van der Waals surface area contributed by atoms with Crippen LogP contribution >= 0.6 is 0 Å². The van der Waals surface area contributed by atoms with Gasteiger partial charge < -0.3 is 10.1 Å². The molecule has 0 aliphatic heterocycles. The molecule has 2 aromatic carbocycles. The van der Waals surface area contributed by atoms with Gasteiger partial charge in [-0.1, -0.05) is 24.3 Å². The van der Waals surface area contributed by atoms with Crippen molar-refractivity contribution in [2.24, 2.45) is 4.99 Å². The van der Waals surface area contributed by atoms with E-state index in [4.69, 9.17) is 4.74 Å². The van der Waals surface area contributed by atoms with Crippen LogP contribution in [0.4, 0.5) is 11.6 Å². The molecular formula is C21H21N5O2. The Kier molecular flexibility index (Phi) is 5.96. The number of aryl methyl sites for hydroxylation is 2. The van der Waals surface area contributed by atoms with Crippen molar-refractivity contribution in [3.63, 3.8) is 0 Å². The molecule has 0 radical (unpaired) electrons. The number of carbonyl (C=O) groups is 1. The summed E-state index contributed by atoms with van der Waals surface area (Å²) >= 11 is 0. The SMILES string of the molecule is COc1cccc(C(=O)N/C(=N\c2nc(C)cc(C)n2)Nc2ccccc2)c1. The molecule has 0 atom stereocenters. The van der Waals surface area contributed by atoms with Crippen molar-refractivity contribution >= 4 is 23.5 Å². The Hall–Kier alpha value is -3.74. The summed E-state index contributed by atoms with van der Waals surface area (Å²) in [7, 11) is 1.55. The summed E-state index contributed by atoms with van der Waals surface area (Å²) in [6.45, 7) is 3.74. The van der Waals surface area contributed by atoms with E-state index in [1.165, 1.54) is 0 Å². The normalized spacial score (nSPS) is 11.0. The monoisotopic (exact) mass is 375 g/mol. The number of para-hydroxylation sites is 1. The van der Waals surface area contributed by atoms with Crippen LogP contribution in [0.3, 0.4) is 0 Å². The van der Waals surface area contributed by atoms with Crippen molar-refractivity contribution in [3.8, 4) is 5.75 Å². The van der Waals surface area contributed by atoms with Crippen LogP contribution in [0.1, 0.15) is 21.7 Å². The van der Waals surface area contributed by atoms with Crippen molar-refractivity contribution in [2.75, 3.05) is 12.4 Å². The van der Waals surface area contributed by atoms with Gasteiger partial charge in [0.25, 0.3) is 11.9 Å².